The van der Waals surface area contributed by atoms with Crippen LogP contribution in [0.4, 0.5) is 18.9 Å². The summed E-state index contributed by atoms with van der Waals surface area (Å²) in [5, 5.41) is 10.0. The number of carboxylic acid groups (broad SMARTS) is 1. The quantitative estimate of drug-likeness (QED) is 0.242. The summed E-state index contributed by atoms with van der Waals surface area (Å²) in [6, 6.07) is 8.72. The molecular formula is C31H29F3N4O5S. The average Bonchev–Trinajstić information content (AvgIpc) is 2.96. The van der Waals surface area contributed by atoms with Gasteiger partial charge in [-0.05, 0) is 61.7 Å². The van der Waals surface area contributed by atoms with Gasteiger partial charge in [0, 0.05) is 48.4 Å². The summed E-state index contributed by atoms with van der Waals surface area (Å²) in [4.78, 5) is 21.2. The number of rotatable bonds is 9. The Bertz CT molecular complexity index is 1910. The van der Waals surface area contributed by atoms with Crippen molar-refractivity contribution in [1.82, 2.24) is 14.9 Å². The molecule has 0 saturated heterocycles. The van der Waals surface area contributed by atoms with Gasteiger partial charge in [0.2, 0.25) is 5.88 Å². The summed E-state index contributed by atoms with van der Waals surface area (Å²) < 4.78 is 76.4. The Hall–Kier alpha value is -4.49. The molecule has 9 nitrogen and oxygen atoms in total. The number of hydrogen-bond donors (Lipinski definition) is 2. The van der Waals surface area contributed by atoms with Crippen molar-refractivity contribution in [3.63, 3.8) is 0 Å². The van der Waals surface area contributed by atoms with Crippen LogP contribution in [0.3, 0.4) is 0 Å². The van der Waals surface area contributed by atoms with E-state index in [1.54, 1.807) is 32.0 Å². The zero-order valence-electron chi connectivity index (χ0n) is 24.1. The van der Waals surface area contributed by atoms with E-state index in [4.69, 9.17) is 4.74 Å². The Morgan fingerprint density at radius 3 is 2.48 bits per heavy atom. The molecule has 5 rings (SSSR count). The van der Waals surface area contributed by atoms with E-state index in [0.29, 0.717) is 59.7 Å². The van der Waals surface area contributed by atoms with E-state index in [2.05, 4.69) is 14.7 Å². The number of fused-ring (bicyclic) bond motifs is 1. The van der Waals surface area contributed by atoms with Crippen LogP contribution in [-0.2, 0) is 14.8 Å². The number of hydrogen-bond acceptors (Lipinski definition) is 7. The molecule has 3 heterocycles. The topological polar surface area (TPSA) is 122 Å². The average molecular weight is 627 g/mol. The number of nitrogens with one attached hydrogen (secondary N) is 1. The fraction of sp³-hybridized carbons (Fsp3) is 0.258. The molecule has 0 saturated carbocycles. The van der Waals surface area contributed by atoms with E-state index in [1.165, 1.54) is 19.4 Å². The van der Waals surface area contributed by atoms with E-state index < -0.39 is 43.8 Å². The Balaban J connectivity index is 1.50. The molecule has 2 aromatic carbocycles. The highest BCUT2D eigenvalue weighted by Crippen LogP contribution is 2.36. The van der Waals surface area contributed by atoms with Crippen LogP contribution in [0.5, 0.6) is 5.88 Å². The largest absolute Gasteiger partial charge is 0.481 e. The van der Waals surface area contributed by atoms with Crippen molar-refractivity contribution in [2.24, 2.45) is 5.41 Å². The smallest absolute Gasteiger partial charge is 0.310 e. The molecule has 44 heavy (non-hydrogen) atoms. The van der Waals surface area contributed by atoms with Gasteiger partial charge < -0.3 is 9.84 Å². The first-order valence-electron chi connectivity index (χ1n) is 13.5. The lowest BCUT2D eigenvalue weighted by Crippen LogP contribution is -2.41. The van der Waals surface area contributed by atoms with E-state index in [0.717, 1.165) is 23.9 Å². The Kier molecular flexibility index (Phi) is 8.36. The zero-order chi connectivity index (χ0) is 31.8. The van der Waals surface area contributed by atoms with Gasteiger partial charge in [-0.1, -0.05) is 12.1 Å². The number of anilines is 1. The number of aliphatic carboxylic acids is 1. The summed E-state index contributed by atoms with van der Waals surface area (Å²) in [5.41, 5.74) is 1.67. The molecule has 0 aliphatic carbocycles. The SMILES string of the molecule is COc1ncc(-c2ccc3ncc(F)c(C4=CCN(CC(C)(C)C(=O)O)CC4)c3c2)cc1NS(=O)(=O)c1ccc(F)cc1F. The number of aromatic nitrogens is 2. The lowest BCUT2D eigenvalue weighted by atomic mass is 9.90. The van der Waals surface area contributed by atoms with Crippen LogP contribution in [0.1, 0.15) is 25.8 Å². The number of carbonyl (C=O) groups is 1. The third-order valence-corrected chi connectivity index (χ3v) is 8.84. The minimum atomic E-state index is -4.49. The molecule has 0 atom stereocenters. The molecule has 0 amide bonds. The summed E-state index contributed by atoms with van der Waals surface area (Å²) >= 11 is 0. The van der Waals surface area contributed by atoms with Gasteiger partial charge in [-0.3, -0.25) is 19.4 Å². The first-order chi connectivity index (χ1) is 20.8. The van der Waals surface area contributed by atoms with Crippen molar-refractivity contribution < 1.29 is 36.2 Å². The predicted octanol–water partition coefficient (Wildman–Crippen LogP) is 5.72. The number of halogens is 3. The highest BCUT2D eigenvalue weighted by Gasteiger charge is 2.31. The Morgan fingerprint density at radius 2 is 1.82 bits per heavy atom. The molecule has 4 aromatic rings. The van der Waals surface area contributed by atoms with Crippen molar-refractivity contribution in [1.29, 1.82) is 0 Å². The second-order valence-electron chi connectivity index (χ2n) is 11.1. The molecule has 1 aliphatic heterocycles. The maximum absolute atomic E-state index is 15.3. The number of nitrogens with zero attached hydrogens (tertiary/aromatic N) is 3. The zero-order valence-corrected chi connectivity index (χ0v) is 24.9. The number of benzene rings is 2. The van der Waals surface area contributed by atoms with Crippen LogP contribution in [0.15, 0.2) is 65.8 Å². The van der Waals surface area contributed by atoms with Gasteiger partial charge in [0.25, 0.3) is 10.0 Å². The van der Waals surface area contributed by atoms with E-state index in [-0.39, 0.29) is 11.6 Å². The normalized spacial score (nSPS) is 14.4. The van der Waals surface area contributed by atoms with Crippen LogP contribution in [-0.4, -0.2) is 61.1 Å². The first-order valence-corrected chi connectivity index (χ1v) is 15.0. The molecule has 230 valence electrons. The minimum absolute atomic E-state index is 0.0861. The van der Waals surface area contributed by atoms with E-state index in [9.17, 15) is 27.1 Å². The van der Waals surface area contributed by atoms with Crippen molar-refractivity contribution in [2.45, 2.75) is 25.2 Å². The second kappa shape index (κ2) is 11.9. The van der Waals surface area contributed by atoms with E-state index in [1.807, 2.05) is 11.0 Å². The molecular weight excluding hydrogens is 597 g/mol. The van der Waals surface area contributed by atoms with Crippen LogP contribution in [0.2, 0.25) is 0 Å². The molecule has 0 spiro atoms. The molecule has 0 unspecified atom stereocenters. The van der Waals surface area contributed by atoms with Crippen molar-refractivity contribution in [3.05, 3.63) is 83.9 Å². The van der Waals surface area contributed by atoms with Crippen LogP contribution in [0, 0.1) is 22.9 Å². The fourth-order valence-electron chi connectivity index (χ4n) is 5.12. The summed E-state index contributed by atoms with van der Waals surface area (Å²) in [5.74, 6) is -3.67. The fourth-order valence-corrected chi connectivity index (χ4v) is 6.23. The molecule has 0 bridgehead atoms. The monoisotopic (exact) mass is 626 g/mol. The summed E-state index contributed by atoms with van der Waals surface area (Å²) in [7, 11) is -3.20. The first kappa shape index (κ1) is 31.0. The van der Waals surface area contributed by atoms with Gasteiger partial charge in [0.1, 0.15) is 28.0 Å². The number of carboxylic acids is 1. The van der Waals surface area contributed by atoms with Crippen molar-refractivity contribution in [3.8, 4) is 17.0 Å². The van der Waals surface area contributed by atoms with Crippen LogP contribution >= 0.6 is 0 Å². The van der Waals surface area contributed by atoms with Gasteiger partial charge in [-0.25, -0.2) is 26.6 Å². The highest BCUT2D eigenvalue weighted by molar-refractivity contribution is 7.92. The maximum Gasteiger partial charge on any atom is 0.310 e. The predicted molar refractivity (Wildman–Crippen MR) is 159 cm³/mol. The molecule has 0 fully saturated rings. The number of ether oxygens (including phenoxy) is 1. The minimum Gasteiger partial charge on any atom is -0.481 e. The second-order valence-corrected chi connectivity index (χ2v) is 12.7. The third-order valence-electron chi connectivity index (χ3n) is 7.44. The summed E-state index contributed by atoms with van der Waals surface area (Å²) in [6.07, 6.45) is 4.99. The third kappa shape index (κ3) is 6.24. The lowest BCUT2D eigenvalue weighted by molar-refractivity contribution is -0.147. The molecule has 13 heteroatoms. The molecule has 0 radical (unpaired) electrons. The van der Waals surface area contributed by atoms with Crippen LogP contribution in [0.25, 0.3) is 27.6 Å². The van der Waals surface area contributed by atoms with E-state index >= 15 is 4.39 Å². The Morgan fingerprint density at radius 1 is 1.05 bits per heavy atom. The van der Waals surface area contributed by atoms with Crippen molar-refractivity contribution >= 4 is 38.2 Å². The molecule has 1 aliphatic rings. The Labute approximate surface area is 252 Å². The van der Waals surface area contributed by atoms with Gasteiger partial charge >= 0.3 is 5.97 Å². The summed E-state index contributed by atoms with van der Waals surface area (Å²) in [6.45, 7) is 4.68. The van der Waals surface area contributed by atoms with Crippen LogP contribution < -0.4 is 9.46 Å². The number of pyridine rings is 2. The van der Waals surface area contributed by atoms with Gasteiger partial charge in [0.15, 0.2) is 0 Å². The maximum atomic E-state index is 15.3. The highest BCUT2D eigenvalue weighted by atomic mass is 32.2. The molecule has 2 aromatic heterocycles. The van der Waals surface area contributed by atoms with Gasteiger partial charge in [0.05, 0.1) is 24.2 Å². The number of methoxy groups -OCH3 is 1. The van der Waals surface area contributed by atoms with Gasteiger partial charge in [-0.2, -0.15) is 0 Å². The van der Waals surface area contributed by atoms with Crippen molar-refractivity contribution in [2.75, 3.05) is 31.5 Å². The lowest BCUT2D eigenvalue weighted by Gasteiger charge is -2.32. The van der Waals surface area contributed by atoms with Gasteiger partial charge in [-0.15, -0.1) is 0 Å². The standard InChI is InChI=1S/C31H29F3N4O5S/c1-31(2,30(39)40)17-38-10-8-18(9-11-38)28-22-12-19(4-6-25(22)35-16-24(28)34)20-13-26(29(43-3)36-15-20)37-44(41,42)27-7-5-21(32)14-23(27)33/h4-8,12-16,37H,9-11,17H2,1-3H3,(H,39,40). The molecule has 2 N–H and O–H groups in total. The number of sulfonamides is 1.